The first-order valence-electron chi connectivity index (χ1n) is 8.23. The van der Waals surface area contributed by atoms with Crippen LogP contribution in [0.1, 0.15) is 12.0 Å². The maximum atomic E-state index is 13.1. The number of aliphatic carboxylic acids is 1. The summed E-state index contributed by atoms with van der Waals surface area (Å²) in [5.74, 6) is -3.01. The SMILES string of the molecule is Cc1c(Oc2c(Cl)cc(NCCC(=O)O)cc2Cl)ncnc1N1CC(F)(F)C1. The Kier molecular flexibility index (Phi) is 5.76. The Morgan fingerprint density at radius 3 is 2.54 bits per heavy atom. The predicted molar refractivity (Wildman–Crippen MR) is 101 cm³/mol. The zero-order valence-corrected chi connectivity index (χ0v) is 16.2. The van der Waals surface area contributed by atoms with Crippen molar-refractivity contribution >= 4 is 40.7 Å². The van der Waals surface area contributed by atoms with Crippen molar-refractivity contribution in [2.75, 3.05) is 29.9 Å². The number of anilines is 2. The summed E-state index contributed by atoms with van der Waals surface area (Å²) in [6.45, 7) is 1.03. The molecular formula is C17H16Cl2F2N4O3. The van der Waals surface area contributed by atoms with Crippen LogP contribution in [-0.2, 0) is 4.79 Å². The number of rotatable bonds is 7. The number of hydrogen-bond donors (Lipinski definition) is 2. The zero-order valence-electron chi connectivity index (χ0n) is 14.7. The minimum absolute atomic E-state index is 0.0635. The van der Waals surface area contributed by atoms with Crippen LogP contribution in [0.3, 0.4) is 0 Å². The topological polar surface area (TPSA) is 87.6 Å². The number of hydrogen-bond acceptors (Lipinski definition) is 6. The van der Waals surface area contributed by atoms with Crippen molar-refractivity contribution in [2.45, 2.75) is 19.3 Å². The lowest BCUT2D eigenvalue weighted by atomic mass is 10.1. The number of carbonyl (C=O) groups is 1. The van der Waals surface area contributed by atoms with Crippen LogP contribution in [0, 0.1) is 6.92 Å². The van der Waals surface area contributed by atoms with Crippen molar-refractivity contribution in [3.63, 3.8) is 0 Å². The molecule has 0 atom stereocenters. The van der Waals surface area contributed by atoms with Gasteiger partial charge in [-0.3, -0.25) is 4.79 Å². The molecule has 1 aromatic heterocycles. The number of ether oxygens (including phenoxy) is 1. The first-order valence-corrected chi connectivity index (χ1v) is 8.99. The number of halogens is 4. The second kappa shape index (κ2) is 7.92. The van der Waals surface area contributed by atoms with Gasteiger partial charge < -0.3 is 20.1 Å². The third-order valence-electron chi connectivity index (χ3n) is 4.02. The molecule has 1 aromatic carbocycles. The van der Waals surface area contributed by atoms with E-state index in [0.29, 0.717) is 17.1 Å². The number of aromatic nitrogens is 2. The Labute approximate surface area is 169 Å². The van der Waals surface area contributed by atoms with E-state index >= 15 is 0 Å². The van der Waals surface area contributed by atoms with Gasteiger partial charge in [-0.05, 0) is 19.1 Å². The van der Waals surface area contributed by atoms with Gasteiger partial charge in [-0.25, -0.2) is 18.7 Å². The lowest BCUT2D eigenvalue weighted by Gasteiger charge is -2.40. The van der Waals surface area contributed by atoms with Gasteiger partial charge in [-0.2, -0.15) is 0 Å². The van der Waals surface area contributed by atoms with Gasteiger partial charge in [0.05, 0.1) is 35.1 Å². The Balaban J connectivity index is 1.77. The summed E-state index contributed by atoms with van der Waals surface area (Å²) in [6.07, 6.45) is 1.16. The molecule has 150 valence electrons. The Bertz CT molecular complexity index is 883. The molecule has 0 aliphatic carbocycles. The molecule has 1 aliphatic heterocycles. The summed E-state index contributed by atoms with van der Waals surface area (Å²) in [7, 11) is 0. The minimum atomic E-state index is -2.73. The molecule has 11 heteroatoms. The van der Waals surface area contributed by atoms with Crippen LogP contribution < -0.4 is 15.0 Å². The number of alkyl halides is 2. The highest BCUT2D eigenvalue weighted by atomic mass is 35.5. The first kappa shape index (κ1) is 20.3. The van der Waals surface area contributed by atoms with E-state index in [1.165, 1.54) is 23.4 Å². The van der Waals surface area contributed by atoms with Crippen LogP contribution in [0.5, 0.6) is 11.6 Å². The smallest absolute Gasteiger partial charge is 0.305 e. The van der Waals surface area contributed by atoms with Gasteiger partial charge in [0, 0.05) is 12.2 Å². The first-order chi connectivity index (χ1) is 13.2. The molecule has 1 fully saturated rings. The maximum Gasteiger partial charge on any atom is 0.305 e. The summed E-state index contributed by atoms with van der Waals surface area (Å²) in [5, 5.41) is 11.9. The van der Waals surface area contributed by atoms with Crippen molar-refractivity contribution in [3.8, 4) is 11.6 Å². The number of carboxylic acid groups (broad SMARTS) is 1. The van der Waals surface area contributed by atoms with E-state index < -0.39 is 25.0 Å². The van der Waals surface area contributed by atoms with Gasteiger partial charge in [0.2, 0.25) is 5.88 Å². The second-order valence-electron chi connectivity index (χ2n) is 6.28. The number of nitrogens with zero attached hydrogens (tertiary/aromatic N) is 3. The van der Waals surface area contributed by atoms with Gasteiger partial charge >= 0.3 is 5.97 Å². The molecule has 2 N–H and O–H groups in total. The summed E-state index contributed by atoms with van der Waals surface area (Å²) >= 11 is 12.5. The van der Waals surface area contributed by atoms with Crippen LogP contribution in [0.25, 0.3) is 0 Å². The summed E-state index contributed by atoms with van der Waals surface area (Å²) < 4.78 is 32.0. The van der Waals surface area contributed by atoms with Gasteiger partial charge in [0.25, 0.3) is 5.92 Å². The van der Waals surface area contributed by atoms with Gasteiger partial charge in [-0.1, -0.05) is 23.2 Å². The van der Waals surface area contributed by atoms with Crippen LogP contribution in [0.2, 0.25) is 10.0 Å². The molecule has 0 bridgehead atoms. The molecule has 0 saturated carbocycles. The van der Waals surface area contributed by atoms with E-state index in [9.17, 15) is 13.6 Å². The fourth-order valence-corrected chi connectivity index (χ4v) is 3.24. The minimum Gasteiger partial charge on any atom is -0.481 e. The molecule has 0 radical (unpaired) electrons. The van der Waals surface area contributed by atoms with Gasteiger partial charge in [0.1, 0.15) is 12.1 Å². The van der Waals surface area contributed by atoms with Crippen LogP contribution in [0.15, 0.2) is 18.5 Å². The van der Waals surface area contributed by atoms with E-state index in [0.717, 1.165) is 0 Å². The van der Waals surface area contributed by atoms with Crippen LogP contribution in [0.4, 0.5) is 20.3 Å². The molecular weight excluding hydrogens is 417 g/mol. The molecule has 0 amide bonds. The van der Waals surface area contributed by atoms with E-state index in [4.69, 9.17) is 33.0 Å². The van der Waals surface area contributed by atoms with Crippen LogP contribution in [-0.4, -0.2) is 46.6 Å². The van der Waals surface area contributed by atoms with Gasteiger partial charge in [-0.15, -0.1) is 0 Å². The summed E-state index contributed by atoms with van der Waals surface area (Å²) in [6, 6.07) is 3.08. The number of carboxylic acids is 1. The Morgan fingerprint density at radius 2 is 1.96 bits per heavy atom. The fraction of sp³-hybridized carbons (Fsp3) is 0.353. The van der Waals surface area contributed by atoms with Crippen molar-refractivity contribution < 1.29 is 23.4 Å². The lowest BCUT2D eigenvalue weighted by molar-refractivity contribution is -0.136. The Hall–Kier alpha value is -2.39. The molecule has 28 heavy (non-hydrogen) atoms. The monoisotopic (exact) mass is 432 g/mol. The highest BCUT2D eigenvalue weighted by molar-refractivity contribution is 6.37. The second-order valence-corrected chi connectivity index (χ2v) is 7.10. The predicted octanol–water partition coefficient (Wildman–Crippen LogP) is 4.23. The van der Waals surface area contributed by atoms with E-state index in [2.05, 4.69) is 15.3 Å². The third-order valence-corrected chi connectivity index (χ3v) is 4.58. The number of nitrogens with one attached hydrogen (secondary N) is 1. The number of benzene rings is 1. The van der Waals surface area contributed by atoms with E-state index in [-0.39, 0.29) is 34.6 Å². The van der Waals surface area contributed by atoms with Crippen molar-refractivity contribution in [1.82, 2.24) is 9.97 Å². The maximum absolute atomic E-state index is 13.1. The van der Waals surface area contributed by atoms with E-state index in [1.54, 1.807) is 6.92 Å². The zero-order chi connectivity index (χ0) is 20.5. The summed E-state index contributed by atoms with van der Waals surface area (Å²) in [5.41, 5.74) is 1.01. The lowest BCUT2D eigenvalue weighted by Crippen LogP contribution is -2.56. The highest BCUT2D eigenvalue weighted by Gasteiger charge is 2.45. The van der Waals surface area contributed by atoms with Gasteiger partial charge in [0.15, 0.2) is 5.75 Å². The van der Waals surface area contributed by atoms with E-state index in [1.807, 2.05) is 0 Å². The highest BCUT2D eigenvalue weighted by Crippen LogP contribution is 2.41. The average molecular weight is 433 g/mol. The van der Waals surface area contributed by atoms with Crippen molar-refractivity contribution in [1.29, 1.82) is 0 Å². The summed E-state index contributed by atoms with van der Waals surface area (Å²) in [4.78, 5) is 20.1. The fourth-order valence-electron chi connectivity index (χ4n) is 2.68. The quantitative estimate of drug-likeness (QED) is 0.676. The molecule has 1 aliphatic rings. The molecule has 2 heterocycles. The molecule has 0 spiro atoms. The normalized spacial score (nSPS) is 15.1. The largest absolute Gasteiger partial charge is 0.481 e. The molecule has 2 aromatic rings. The Morgan fingerprint density at radius 1 is 1.32 bits per heavy atom. The average Bonchev–Trinajstić information content (AvgIpc) is 2.57. The molecule has 1 saturated heterocycles. The molecule has 7 nitrogen and oxygen atoms in total. The third kappa shape index (κ3) is 4.53. The molecule has 0 unspecified atom stereocenters. The molecule has 3 rings (SSSR count). The standard InChI is InChI=1S/C17H16Cl2F2N4O3/c1-9-15(25-6-17(20,21)7-25)23-8-24-16(9)28-14-11(18)4-10(5-12(14)19)22-3-2-13(26)27/h4-5,8,22H,2-3,6-7H2,1H3,(H,26,27). The van der Waals surface area contributed by atoms with Crippen molar-refractivity contribution in [3.05, 3.63) is 34.1 Å². The van der Waals surface area contributed by atoms with Crippen molar-refractivity contribution in [2.24, 2.45) is 0 Å². The van der Waals surface area contributed by atoms with Crippen LogP contribution >= 0.6 is 23.2 Å².